The van der Waals surface area contributed by atoms with Gasteiger partial charge in [-0.25, -0.2) is 0 Å². The summed E-state index contributed by atoms with van der Waals surface area (Å²) in [5, 5.41) is 20.9. The van der Waals surface area contributed by atoms with Gasteiger partial charge in [0.1, 0.15) is 11.5 Å². The Labute approximate surface area is 75.8 Å². The average Bonchev–Trinajstić information content (AvgIpc) is 1.98. The Kier molecular flexibility index (Phi) is 2.41. The highest BCUT2D eigenvalue weighted by Gasteiger charge is 2.06. The Hall–Kier alpha value is -1.71. The maximum atomic E-state index is 10.7. The molecule has 1 rings (SSSR count). The third-order valence-electron chi connectivity index (χ3n) is 1.68. The molecule has 70 valence electrons. The van der Waals surface area contributed by atoms with Crippen molar-refractivity contribution in [1.29, 1.82) is 0 Å². The van der Waals surface area contributed by atoms with Gasteiger partial charge in [-0.3, -0.25) is 4.79 Å². The van der Waals surface area contributed by atoms with Crippen LogP contribution in [0.25, 0.3) is 0 Å². The predicted molar refractivity (Wildman–Crippen MR) is 48.8 cm³/mol. The van der Waals surface area contributed by atoms with Crippen LogP contribution in [0, 0.1) is 6.92 Å². The largest absolute Gasteiger partial charge is 0.508 e. The number of hydrogen-bond acceptors (Lipinski definition) is 3. The van der Waals surface area contributed by atoms with Crippen molar-refractivity contribution in [3.05, 3.63) is 17.7 Å². The summed E-state index contributed by atoms with van der Waals surface area (Å²) in [5.41, 5.74) is 0.956. The van der Waals surface area contributed by atoms with Crippen LogP contribution in [0.15, 0.2) is 12.1 Å². The minimum Gasteiger partial charge on any atom is -0.508 e. The quantitative estimate of drug-likeness (QED) is 0.612. The van der Waals surface area contributed by atoms with Gasteiger partial charge < -0.3 is 15.5 Å². The number of carbonyl (C=O) groups is 1. The van der Waals surface area contributed by atoms with E-state index >= 15 is 0 Å². The molecule has 0 saturated heterocycles. The van der Waals surface area contributed by atoms with Crippen LogP contribution in [-0.4, -0.2) is 16.1 Å². The molecule has 0 unspecified atom stereocenters. The number of hydrogen-bond donors (Lipinski definition) is 3. The Morgan fingerprint density at radius 1 is 1.38 bits per heavy atom. The molecular weight excluding hydrogens is 170 g/mol. The van der Waals surface area contributed by atoms with Gasteiger partial charge in [0.2, 0.25) is 5.91 Å². The minimum absolute atomic E-state index is 0.0382. The van der Waals surface area contributed by atoms with Gasteiger partial charge in [0.05, 0.1) is 5.69 Å². The zero-order valence-electron chi connectivity index (χ0n) is 7.46. The predicted octanol–water partition coefficient (Wildman–Crippen LogP) is 1.36. The lowest BCUT2D eigenvalue weighted by Crippen LogP contribution is -2.06. The van der Waals surface area contributed by atoms with Crippen LogP contribution in [0.2, 0.25) is 0 Å². The summed E-state index contributed by atoms with van der Waals surface area (Å²) in [6, 6.07) is 2.61. The summed E-state index contributed by atoms with van der Waals surface area (Å²) in [7, 11) is 0. The van der Waals surface area contributed by atoms with Crippen LogP contribution in [0.4, 0.5) is 5.69 Å². The van der Waals surface area contributed by atoms with E-state index in [1.54, 1.807) is 6.92 Å². The van der Waals surface area contributed by atoms with Crippen LogP contribution in [-0.2, 0) is 4.79 Å². The van der Waals surface area contributed by atoms with Crippen LogP contribution < -0.4 is 5.32 Å². The molecule has 0 aliphatic rings. The molecular formula is C9H11NO3. The van der Waals surface area contributed by atoms with Gasteiger partial charge in [0.25, 0.3) is 0 Å². The molecule has 4 heteroatoms. The Morgan fingerprint density at radius 2 is 2.00 bits per heavy atom. The van der Waals surface area contributed by atoms with Crippen molar-refractivity contribution in [3.63, 3.8) is 0 Å². The number of amides is 1. The molecule has 0 aliphatic heterocycles. The highest BCUT2D eigenvalue weighted by molar-refractivity contribution is 5.90. The van der Waals surface area contributed by atoms with E-state index in [0.29, 0.717) is 11.3 Å². The highest BCUT2D eigenvalue weighted by atomic mass is 16.3. The number of phenolic OH excluding ortho intramolecular Hbond substituents is 2. The molecule has 1 aromatic carbocycles. The van der Waals surface area contributed by atoms with Crippen molar-refractivity contribution in [2.45, 2.75) is 13.8 Å². The van der Waals surface area contributed by atoms with Gasteiger partial charge in [-0.1, -0.05) is 0 Å². The molecule has 1 aromatic rings. The fourth-order valence-electron chi connectivity index (χ4n) is 1.00. The van der Waals surface area contributed by atoms with Crippen molar-refractivity contribution in [2.24, 2.45) is 0 Å². The first-order valence-electron chi connectivity index (χ1n) is 3.81. The van der Waals surface area contributed by atoms with Crippen molar-refractivity contribution < 1.29 is 15.0 Å². The number of carbonyl (C=O) groups excluding carboxylic acids is 1. The van der Waals surface area contributed by atoms with E-state index in [1.807, 2.05) is 0 Å². The topological polar surface area (TPSA) is 69.6 Å². The Morgan fingerprint density at radius 3 is 2.54 bits per heavy atom. The highest BCUT2D eigenvalue weighted by Crippen LogP contribution is 2.29. The second kappa shape index (κ2) is 3.35. The van der Waals surface area contributed by atoms with E-state index in [0.717, 1.165) is 0 Å². The maximum Gasteiger partial charge on any atom is 0.221 e. The molecule has 0 heterocycles. The first-order chi connectivity index (χ1) is 6.00. The first-order valence-corrected chi connectivity index (χ1v) is 3.81. The fourth-order valence-corrected chi connectivity index (χ4v) is 1.00. The van der Waals surface area contributed by atoms with Crippen molar-refractivity contribution in [1.82, 2.24) is 0 Å². The lowest BCUT2D eigenvalue weighted by molar-refractivity contribution is -0.114. The van der Waals surface area contributed by atoms with Crippen LogP contribution in [0.3, 0.4) is 0 Å². The molecule has 0 radical (unpaired) electrons. The monoisotopic (exact) mass is 181 g/mol. The molecule has 0 spiro atoms. The lowest BCUT2D eigenvalue weighted by Gasteiger charge is -2.08. The van der Waals surface area contributed by atoms with E-state index < -0.39 is 0 Å². The third kappa shape index (κ3) is 2.11. The number of nitrogens with one attached hydrogen (secondary N) is 1. The van der Waals surface area contributed by atoms with Crippen LogP contribution in [0.5, 0.6) is 11.5 Å². The number of rotatable bonds is 1. The molecule has 3 N–H and O–H groups in total. The molecule has 1 amide bonds. The van der Waals surface area contributed by atoms with E-state index in [2.05, 4.69) is 5.32 Å². The Bertz CT molecular complexity index is 347. The van der Waals surface area contributed by atoms with Gasteiger partial charge in [-0.2, -0.15) is 0 Å². The van der Waals surface area contributed by atoms with E-state index in [1.165, 1.54) is 19.1 Å². The summed E-state index contributed by atoms with van der Waals surface area (Å²) in [6.45, 7) is 3.01. The normalized spacial score (nSPS) is 9.69. The molecule has 13 heavy (non-hydrogen) atoms. The van der Waals surface area contributed by atoms with Gasteiger partial charge in [0, 0.05) is 24.6 Å². The van der Waals surface area contributed by atoms with Crippen molar-refractivity contribution in [2.75, 3.05) is 5.32 Å². The smallest absolute Gasteiger partial charge is 0.221 e. The second-order valence-electron chi connectivity index (χ2n) is 2.82. The van der Waals surface area contributed by atoms with Crippen LogP contribution in [0.1, 0.15) is 12.5 Å². The molecule has 0 atom stereocenters. The number of aromatic hydroxyl groups is 2. The van der Waals surface area contributed by atoms with Gasteiger partial charge in [-0.15, -0.1) is 0 Å². The number of phenols is 2. The van der Waals surface area contributed by atoms with E-state index in [9.17, 15) is 9.90 Å². The molecule has 0 aliphatic carbocycles. The third-order valence-corrected chi connectivity index (χ3v) is 1.68. The standard InChI is InChI=1S/C9H11NO3/c1-5-8(10-6(2)11)3-7(12)4-9(5)13/h3-4,12-13H,1-2H3,(H,10,11). The summed E-state index contributed by atoms with van der Waals surface area (Å²) in [5.74, 6) is -0.358. The Balaban J connectivity index is 3.12. The van der Waals surface area contributed by atoms with Crippen molar-refractivity contribution >= 4 is 11.6 Å². The molecule has 4 nitrogen and oxygen atoms in total. The summed E-state index contributed by atoms with van der Waals surface area (Å²) in [6.07, 6.45) is 0. The second-order valence-corrected chi connectivity index (χ2v) is 2.82. The van der Waals surface area contributed by atoms with Crippen molar-refractivity contribution in [3.8, 4) is 11.5 Å². The van der Waals surface area contributed by atoms with Crippen LogP contribution >= 0.6 is 0 Å². The molecule has 0 fully saturated rings. The molecule has 0 bridgehead atoms. The summed E-state index contributed by atoms with van der Waals surface area (Å²) in [4.78, 5) is 10.7. The van der Waals surface area contributed by atoms with Gasteiger partial charge in [0.15, 0.2) is 0 Å². The van der Waals surface area contributed by atoms with E-state index in [-0.39, 0.29) is 17.4 Å². The minimum atomic E-state index is -0.242. The van der Waals surface area contributed by atoms with Gasteiger partial charge in [-0.05, 0) is 6.92 Å². The fraction of sp³-hybridized carbons (Fsp3) is 0.222. The maximum absolute atomic E-state index is 10.7. The average molecular weight is 181 g/mol. The SMILES string of the molecule is CC(=O)Nc1cc(O)cc(O)c1C. The lowest BCUT2D eigenvalue weighted by atomic mass is 10.1. The molecule has 0 saturated carbocycles. The van der Waals surface area contributed by atoms with E-state index in [4.69, 9.17) is 5.11 Å². The first kappa shape index (κ1) is 9.38. The number of anilines is 1. The number of benzene rings is 1. The molecule has 0 aromatic heterocycles. The zero-order chi connectivity index (χ0) is 10.0. The summed E-state index contributed by atoms with van der Waals surface area (Å²) < 4.78 is 0. The summed E-state index contributed by atoms with van der Waals surface area (Å²) >= 11 is 0. The zero-order valence-corrected chi connectivity index (χ0v) is 7.46. The van der Waals surface area contributed by atoms with Gasteiger partial charge >= 0.3 is 0 Å².